The molecule has 27 heavy (non-hydrogen) atoms. The van der Waals surface area contributed by atoms with Gasteiger partial charge in [0.25, 0.3) is 5.91 Å². The second kappa shape index (κ2) is 9.96. The van der Waals surface area contributed by atoms with Gasteiger partial charge >= 0.3 is 11.9 Å². The molecule has 0 fully saturated rings. The molecule has 0 aromatic heterocycles. The third-order valence-corrected chi connectivity index (χ3v) is 3.61. The van der Waals surface area contributed by atoms with E-state index in [0.29, 0.717) is 30.9 Å². The maximum atomic E-state index is 11.9. The molecule has 0 spiro atoms. The SMILES string of the molecule is CCOC(=O)CCc1ccc(OCC(=O)Nc2cccc(C(=O)O)c2)cc1. The van der Waals surface area contributed by atoms with Crippen molar-refractivity contribution >= 4 is 23.5 Å². The molecule has 7 heteroatoms. The zero-order valence-electron chi connectivity index (χ0n) is 14.9. The fourth-order valence-corrected chi connectivity index (χ4v) is 2.31. The quantitative estimate of drug-likeness (QED) is 0.657. The number of carbonyl (C=O) groups excluding carboxylic acids is 2. The number of rotatable bonds is 9. The summed E-state index contributed by atoms with van der Waals surface area (Å²) >= 11 is 0. The number of carboxylic acid groups (broad SMARTS) is 1. The van der Waals surface area contributed by atoms with Gasteiger partial charge < -0.3 is 19.9 Å². The number of aromatic carboxylic acids is 1. The lowest BCUT2D eigenvalue weighted by molar-refractivity contribution is -0.143. The molecule has 0 aliphatic rings. The molecular weight excluding hydrogens is 350 g/mol. The zero-order valence-corrected chi connectivity index (χ0v) is 14.9. The monoisotopic (exact) mass is 371 g/mol. The fraction of sp³-hybridized carbons (Fsp3) is 0.250. The third-order valence-electron chi connectivity index (χ3n) is 3.61. The Kier molecular flexibility index (Phi) is 7.37. The lowest BCUT2D eigenvalue weighted by atomic mass is 10.1. The molecule has 0 radical (unpaired) electrons. The molecule has 0 bridgehead atoms. The minimum absolute atomic E-state index is 0.0899. The van der Waals surface area contributed by atoms with Crippen LogP contribution < -0.4 is 10.1 Å². The summed E-state index contributed by atoms with van der Waals surface area (Å²) in [4.78, 5) is 34.2. The van der Waals surface area contributed by atoms with Gasteiger partial charge in [0.15, 0.2) is 6.61 Å². The number of anilines is 1. The van der Waals surface area contributed by atoms with Crippen LogP contribution in [0.25, 0.3) is 0 Å². The number of carbonyl (C=O) groups is 3. The van der Waals surface area contributed by atoms with E-state index in [0.717, 1.165) is 5.56 Å². The highest BCUT2D eigenvalue weighted by Gasteiger charge is 2.08. The van der Waals surface area contributed by atoms with Gasteiger partial charge in [-0.25, -0.2) is 4.79 Å². The third kappa shape index (κ3) is 6.81. The molecule has 0 aliphatic heterocycles. The molecule has 0 unspecified atom stereocenters. The molecule has 0 saturated heterocycles. The van der Waals surface area contributed by atoms with Crippen molar-refractivity contribution in [3.05, 3.63) is 59.7 Å². The first-order valence-electron chi connectivity index (χ1n) is 8.48. The van der Waals surface area contributed by atoms with E-state index >= 15 is 0 Å². The molecule has 0 heterocycles. The Morgan fingerprint density at radius 2 is 1.81 bits per heavy atom. The average molecular weight is 371 g/mol. The second-order valence-corrected chi connectivity index (χ2v) is 5.67. The number of nitrogens with one attached hydrogen (secondary N) is 1. The Hall–Kier alpha value is -3.35. The molecule has 2 aromatic carbocycles. The summed E-state index contributed by atoms with van der Waals surface area (Å²) in [5, 5.41) is 11.5. The minimum atomic E-state index is -1.06. The molecule has 0 atom stereocenters. The fourth-order valence-electron chi connectivity index (χ4n) is 2.31. The second-order valence-electron chi connectivity index (χ2n) is 5.67. The van der Waals surface area contributed by atoms with Crippen LogP contribution >= 0.6 is 0 Å². The molecular formula is C20H21NO6. The molecule has 0 aliphatic carbocycles. The van der Waals surface area contributed by atoms with Gasteiger partial charge in [-0.3, -0.25) is 9.59 Å². The van der Waals surface area contributed by atoms with Crippen molar-refractivity contribution < 1.29 is 29.0 Å². The smallest absolute Gasteiger partial charge is 0.335 e. The molecule has 7 nitrogen and oxygen atoms in total. The standard InChI is InChI=1S/C20H21NO6/c1-2-26-19(23)11-8-14-6-9-17(10-7-14)27-13-18(22)21-16-5-3-4-15(12-16)20(24)25/h3-7,9-10,12H,2,8,11,13H2,1H3,(H,21,22)(H,24,25). The van der Waals surface area contributed by atoms with Crippen molar-refractivity contribution in [1.29, 1.82) is 0 Å². The van der Waals surface area contributed by atoms with Gasteiger partial charge in [-0.15, -0.1) is 0 Å². The van der Waals surface area contributed by atoms with Crippen LogP contribution in [0.5, 0.6) is 5.75 Å². The van der Waals surface area contributed by atoms with E-state index in [9.17, 15) is 14.4 Å². The molecule has 2 rings (SSSR count). The number of ether oxygens (including phenoxy) is 2. The predicted octanol–water partition coefficient (Wildman–Crippen LogP) is 2.90. The summed E-state index contributed by atoms with van der Waals surface area (Å²) in [6, 6.07) is 13.1. The number of amides is 1. The van der Waals surface area contributed by atoms with E-state index in [-0.39, 0.29) is 18.1 Å². The number of hydrogen-bond acceptors (Lipinski definition) is 5. The molecule has 0 saturated carbocycles. The van der Waals surface area contributed by atoms with Crippen LogP contribution in [0.1, 0.15) is 29.3 Å². The Morgan fingerprint density at radius 1 is 1.07 bits per heavy atom. The van der Waals surface area contributed by atoms with Crippen LogP contribution in [0.4, 0.5) is 5.69 Å². The Morgan fingerprint density at radius 3 is 2.48 bits per heavy atom. The van der Waals surface area contributed by atoms with Gasteiger partial charge in [0.05, 0.1) is 12.2 Å². The number of aryl methyl sites for hydroxylation is 1. The van der Waals surface area contributed by atoms with Gasteiger partial charge in [0.2, 0.25) is 0 Å². The number of hydrogen-bond donors (Lipinski definition) is 2. The first kappa shape index (κ1) is 20.0. The maximum absolute atomic E-state index is 11.9. The molecule has 2 aromatic rings. The lowest BCUT2D eigenvalue weighted by Crippen LogP contribution is -2.20. The van der Waals surface area contributed by atoms with Crippen LogP contribution in [0.2, 0.25) is 0 Å². The maximum Gasteiger partial charge on any atom is 0.335 e. The predicted molar refractivity (Wildman–Crippen MR) is 98.9 cm³/mol. The van der Waals surface area contributed by atoms with Gasteiger partial charge in [0.1, 0.15) is 5.75 Å². The zero-order chi connectivity index (χ0) is 19.6. The van der Waals surface area contributed by atoms with Crippen molar-refractivity contribution in [2.45, 2.75) is 19.8 Å². The minimum Gasteiger partial charge on any atom is -0.484 e. The topological polar surface area (TPSA) is 102 Å². The molecule has 1 amide bonds. The summed E-state index contributed by atoms with van der Waals surface area (Å²) in [5.41, 5.74) is 1.44. The van der Waals surface area contributed by atoms with Gasteiger partial charge in [-0.2, -0.15) is 0 Å². The Bertz CT molecular complexity index is 800. The summed E-state index contributed by atoms with van der Waals surface area (Å²) < 4.78 is 10.3. The summed E-state index contributed by atoms with van der Waals surface area (Å²) in [6.07, 6.45) is 0.880. The number of carboxylic acids is 1. The van der Waals surface area contributed by atoms with Crippen LogP contribution in [0, 0.1) is 0 Å². The summed E-state index contributed by atoms with van der Waals surface area (Å²) in [7, 11) is 0. The van der Waals surface area contributed by atoms with Crippen LogP contribution in [0.3, 0.4) is 0 Å². The average Bonchev–Trinajstić information content (AvgIpc) is 2.66. The van der Waals surface area contributed by atoms with E-state index < -0.39 is 11.9 Å². The van der Waals surface area contributed by atoms with Crippen LogP contribution in [-0.4, -0.2) is 36.2 Å². The number of esters is 1. The van der Waals surface area contributed by atoms with Crippen molar-refractivity contribution in [3.63, 3.8) is 0 Å². The molecule has 142 valence electrons. The highest BCUT2D eigenvalue weighted by atomic mass is 16.5. The Balaban J connectivity index is 1.80. The van der Waals surface area contributed by atoms with E-state index in [1.807, 2.05) is 12.1 Å². The van der Waals surface area contributed by atoms with Gasteiger partial charge in [0, 0.05) is 12.1 Å². The Labute approximate surface area is 156 Å². The summed E-state index contributed by atoms with van der Waals surface area (Å²) in [5.74, 6) is -1.18. The van der Waals surface area contributed by atoms with E-state index in [1.54, 1.807) is 31.2 Å². The van der Waals surface area contributed by atoms with Gasteiger partial charge in [-0.05, 0) is 49.2 Å². The number of benzene rings is 2. The highest BCUT2D eigenvalue weighted by Crippen LogP contribution is 2.14. The summed E-state index contributed by atoms with van der Waals surface area (Å²) in [6.45, 7) is 1.93. The van der Waals surface area contributed by atoms with E-state index in [2.05, 4.69) is 5.32 Å². The largest absolute Gasteiger partial charge is 0.484 e. The van der Waals surface area contributed by atoms with Crippen molar-refractivity contribution in [1.82, 2.24) is 0 Å². The van der Waals surface area contributed by atoms with Crippen LogP contribution in [0.15, 0.2) is 48.5 Å². The normalized spacial score (nSPS) is 10.1. The van der Waals surface area contributed by atoms with Crippen molar-refractivity contribution in [2.24, 2.45) is 0 Å². The first-order chi connectivity index (χ1) is 13.0. The molecule has 2 N–H and O–H groups in total. The highest BCUT2D eigenvalue weighted by molar-refractivity contribution is 5.94. The van der Waals surface area contributed by atoms with Gasteiger partial charge in [-0.1, -0.05) is 18.2 Å². The van der Waals surface area contributed by atoms with Crippen molar-refractivity contribution in [3.8, 4) is 5.75 Å². The van der Waals surface area contributed by atoms with Crippen LogP contribution in [-0.2, 0) is 20.7 Å². The van der Waals surface area contributed by atoms with E-state index in [4.69, 9.17) is 14.6 Å². The van der Waals surface area contributed by atoms with Crippen molar-refractivity contribution in [2.75, 3.05) is 18.5 Å². The first-order valence-corrected chi connectivity index (χ1v) is 8.48. The lowest BCUT2D eigenvalue weighted by Gasteiger charge is -2.09. The van der Waals surface area contributed by atoms with E-state index in [1.165, 1.54) is 12.1 Å².